The summed E-state index contributed by atoms with van der Waals surface area (Å²) in [6.07, 6.45) is 4.93. The molecule has 6 nitrogen and oxygen atoms in total. The van der Waals surface area contributed by atoms with Gasteiger partial charge in [0.15, 0.2) is 5.15 Å². The minimum Gasteiger partial charge on any atom is -0.469 e. The summed E-state index contributed by atoms with van der Waals surface area (Å²) >= 11 is 6.24. The van der Waals surface area contributed by atoms with E-state index in [1.54, 1.807) is 17.9 Å². The van der Waals surface area contributed by atoms with Crippen LogP contribution in [-0.2, 0) is 20.9 Å². The molecule has 0 spiro atoms. The number of imidazole rings is 1. The number of pyridine rings is 1. The van der Waals surface area contributed by atoms with Crippen molar-refractivity contribution in [3.8, 4) is 0 Å². The maximum atomic E-state index is 13.0. The molecule has 1 amide bonds. The van der Waals surface area contributed by atoms with Crippen molar-refractivity contribution in [3.05, 3.63) is 77.2 Å². The molecule has 1 aromatic carbocycles. The summed E-state index contributed by atoms with van der Waals surface area (Å²) in [6, 6.07) is 15.2. The van der Waals surface area contributed by atoms with Crippen LogP contribution in [0.25, 0.3) is 11.7 Å². The Bertz CT molecular complexity index is 1030. The molecule has 3 aromatic rings. The number of ether oxygens (including phenoxy) is 1. The molecular weight excluding hydrogens is 390 g/mol. The van der Waals surface area contributed by atoms with Gasteiger partial charge in [-0.3, -0.25) is 14.0 Å². The summed E-state index contributed by atoms with van der Waals surface area (Å²) in [5.74, 6) is -1.03. The van der Waals surface area contributed by atoms with Crippen LogP contribution >= 0.6 is 11.6 Å². The van der Waals surface area contributed by atoms with Crippen LogP contribution in [0.4, 0.5) is 0 Å². The summed E-state index contributed by atoms with van der Waals surface area (Å²) in [5, 5.41) is 0.317. The molecule has 29 heavy (non-hydrogen) atoms. The summed E-state index contributed by atoms with van der Waals surface area (Å²) in [6.45, 7) is 2.36. The first-order chi connectivity index (χ1) is 14.0. The monoisotopic (exact) mass is 411 g/mol. The van der Waals surface area contributed by atoms with Crippen LogP contribution in [0.5, 0.6) is 0 Å². The van der Waals surface area contributed by atoms with E-state index in [1.807, 2.05) is 59.1 Å². The van der Waals surface area contributed by atoms with E-state index >= 15 is 0 Å². The number of halogens is 1. The van der Waals surface area contributed by atoms with Crippen molar-refractivity contribution in [1.82, 2.24) is 14.3 Å². The van der Waals surface area contributed by atoms with Crippen LogP contribution in [-0.4, -0.2) is 39.8 Å². The lowest BCUT2D eigenvalue weighted by molar-refractivity contribution is -0.146. The van der Waals surface area contributed by atoms with Crippen molar-refractivity contribution in [2.75, 3.05) is 13.7 Å². The molecule has 1 unspecified atom stereocenters. The first-order valence-corrected chi connectivity index (χ1v) is 9.58. The zero-order chi connectivity index (χ0) is 20.8. The Morgan fingerprint density at radius 3 is 2.66 bits per heavy atom. The van der Waals surface area contributed by atoms with Gasteiger partial charge < -0.3 is 9.64 Å². The standard InChI is InChI=1S/C22H22ClN3O3/c1-16(22(28)29-2)14-25(15-17-8-4-3-5-9-17)20(27)12-11-18-21(23)24-19-10-6-7-13-26(18)19/h3-13,16H,14-15H2,1-2H3/b12-11+. The minimum atomic E-state index is -0.444. The van der Waals surface area contributed by atoms with E-state index in [4.69, 9.17) is 16.3 Å². The van der Waals surface area contributed by atoms with E-state index < -0.39 is 5.92 Å². The van der Waals surface area contributed by atoms with Crippen molar-refractivity contribution in [2.24, 2.45) is 5.92 Å². The number of hydrogen-bond donors (Lipinski definition) is 0. The number of carbonyl (C=O) groups excluding carboxylic acids is 2. The molecule has 0 aliphatic rings. The molecule has 0 bridgehead atoms. The summed E-state index contributed by atoms with van der Waals surface area (Å²) in [5.41, 5.74) is 2.29. The molecule has 3 rings (SSSR count). The number of esters is 1. The number of rotatable bonds is 7. The molecule has 0 aliphatic heterocycles. The Labute approximate surface area is 174 Å². The lowest BCUT2D eigenvalue weighted by Crippen LogP contribution is -2.35. The van der Waals surface area contributed by atoms with Crippen molar-refractivity contribution in [3.63, 3.8) is 0 Å². The lowest BCUT2D eigenvalue weighted by Gasteiger charge is -2.24. The zero-order valence-electron chi connectivity index (χ0n) is 16.3. The number of hydrogen-bond acceptors (Lipinski definition) is 4. The molecule has 0 saturated heterocycles. The second-order valence-electron chi connectivity index (χ2n) is 6.68. The van der Waals surface area contributed by atoms with Gasteiger partial charge in [-0.1, -0.05) is 54.9 Å². The molecule has 0 aliphatic carbocycles. The third kappa shape index (κ3) is 5.03. The summed E-state index contributed by atoms with van der Waals surface area (Å²) in [7, 11) is 1.34. The van der Waals surface area contributed by atoms with Gasteiger partial charge in [0.1, 0.15) is 5.65 Å². The highest BCUT2D eigenvalue weighted by atomic mass is 35.5. The van der Waals surface area contributed by atoms with Crippen molar-refractivity contribution in [2.45, 2.75) is 13.5 Å². The van der Waals surface area contributed by atoms with Gasteiger partial charge >= 0.3 is 5.97 Å². The van der Waals surface area contributed by atoms with E-state index in [0.29, 0.717) is 23.0 Å². The predicted molar refractivity (Wildman–Crippen MR) is 112 cm³/mol. The number of carbonyl (C=O) groups is 2. The second kappa shape index (κ2) is 9.39. The molecule has 2 heterocycles. The highest BCUT2D eigenvalue weighted by molar-refractivity contribution is 6.31. The van der Waals surface area contributed by atoms with Crippen LogP contribution in [0.2, 0.25) is 5.15 Å². The average Bonchev–Trinajstić information content (AvgIpc) is 3.06. The van der Waals surface area contributed by atoms with Gasteiger partial charge in [0.2, 0.25) is 5.91 Å². The maximum Gasteiger partial charge on any atom is 0.310 e. The number of fused-ring (bicyclic) bond motifs is 1. The smallest absolute Gasteiger partial charge is 0.310 e. The molecule has 0 N–H and O–H groups in total. The fourth-order valence-corrected chi connectivity index (χ4v) is 3.27. The van der Waals surface area contributed by atoms with E-state index in [2.05, 4.69) is 4.98 Å². The fraction of sp³-hybridized carbons (Fsp3) is 0.227. The van der Waals surface area contributed by atoms with E-state index in [1.165, 1.54) is 13.2 Å². The van der Waals surface area contributed by atoms with Crippen LogP contribution in [0.15, 0.2) is 60.8 Å². The molecule has 0 saturated carbocycles. The van der Waals surface area contributed by atoms with E-state index in [0.717, 1.165) is 5.56 Å². The number of aromatic nitrogens is 2. The van der Waals surface area contributed by atoms with Crippen molar-refractivity contribution >= 4 is 35.2 Å². The van der Waals surface area contributed by atoms with Crippen LogP contribution in [0, 0.1) is 5.92 Å². The number of methoxy groups -OCH3 is 1. The second-order valence-corrected chi connectivity index (χ2v) is 7.04. The third-order valence-electron chi connectivity index (χ3n) is 4.53. The quantitative estimate of drug-likeness (QED) is 0.437. The molecule has 150 valence electrons. The van der Waals surface area contributed by atoms with Crippen molar-refractivity contribution < 1.29 is 14.3 Å². The molecule has 2 aromatic heterocycles. The zero-order valence-corrected chi connectivity index (χ0v) is 17.0. The van der Waals surface area contributed by atoms with Crippen LogP contribution in [0.3, 0.4) is 0 Å². The number of amides is 1. The SMILES string of the molecule is COC(=O)C(C)CN(Cc1ccccc1)C(=O)/C=C/c1c(Cl)nc2ccccn12. The Kier molecular flexibility index (Phi) is 6.67. The van der Waals surface area contributed by atoms with E-state index in [9.17, 15) is 9.59 Å². The van der Waals surface area contributed by atoms with Gasteiger partial charge in [0.25, 0.3) is 0 Å². The molecule has 0 radical (unpaired) electrons. The first-order valence-electron chi connectivity index (χ1n) is 9.21. The maximum absolute atomic E-state index is 13.0. The Hall–Kier alpha value is -3.12. The van der Waals surface area contributed by atoms with Gasteiger partial charge in [0, 0.05) is 25.4 Å². The van der Waals surface area contributed by atoms with Gasteiger partial charge in [-0.2, -0.15) is 0 Å². The Balaban J connectivity index is 1.83. The normalized spacial score (nSPS) is 12.2. The minimum absolute atomic E-state index is 0.230. The Morgan fingerprint density at radius 2 is 1.93 bits per heavy atom. The van der Waals surface area contributed by atoms with Gasteiger partial charge in [-0.05, 0) is 23.8 Å². The third-order valence-corrected chi connectivity index (χ3v) is 4.81. The lowest BCUT2D eigenvalue weighted by atomic mass is 10.1. The number of benzene rings is 1. The van der Waals surface area contributed by atoms with Gasteiger partial charge in [-0.15, -0.1) is 0 Å². The van der Waals surface area contributed by atoms with Crippen molar-refractivity contribution in [1.29, 1.82) is 0 Å². The van der Waals surface area contributed by atoms with Gasteiger partial charge in [-0.25, -0.2) is 4.98 Å². The van der Waals surface area contributed by atoms with Gasteiger partial charge in [0.05, 0.1) is 18.7 Å². The molecule has 1 atom stereocenters. The molecular formula is C22H22ClN3O3. The average molecular weight is 412 g/mol. The predicted octanol–water partition coefficient (Wildman–Crippen LogP) is 3.84. The molecule has 0 fully saturated rings. The van der Waals surface area contributed by atoms with Crippen LogP contribution in [0.1, 0.15) is 18.2 Å². The summed E-state index contributed by atoms with van der Waals surface area (Å²) < 4.78 is 6.61. The largest absolute Gasteiger partial charge is 0.469 e. The van der Waals surface area contributed by atoms with E-state index in [-0.39, 0.29) is 18.4 Å². The Morgan fingerprint density at radius 1 is 1.21 bits per heavy atom. The highest BCUT2D eigenvalue weighted by Gasteiger charge is 2.21. The number of nitrogens with zero attached hydrogens (tertiary/aromatic N) is 3. The highest BCUT2D eigenvalue weighted by Crippen LogP contribution is 2.19. The fourth-order valence-electron chi connectivity index (χ4n) is 3.03. The first kappa shape index (κ1) is 20.6. The van der Waals surface area contributed by atoms with Crippen LogP contribution < -0.4 is 0 Å². The summed E-state index contributed by atoms with van der Waals surface area (Å²) in [4.78, 5) is 30.7. The molecule has 7 heteroatoms. The topological polar surface area (TPSA) is 63.9 Å².